The van der Waals surface area contributed by atoms with Crippen LogP contribution in [0.5, 0.6) is 11.5 Å². The van der Waals surface area contributed by atoms with Crippen molar-refractivity contribution < 1.29 is 14.9 Å². The number of ether oxygens (including phenoxy) is 1. The number of benzene rings is 2. The third kappa shape index (κ3) is 6.30. The molecule has 0 aromatic heterocycles. The molecule has 124 valence electrons. The van der Waals surface area contributed by atoms with Crippen molar-refractivity contribution in [3.8, 4) is 11.5 Å². The Bertz CT molecular complexity index is 581. The van der Waals surface area contributed by atoms with Crippen molar-refractivity contribution in [1.29, 1.82) is 0 Å². The van der Waals surface area contributed by atoms with Gasteiger partial charge in [-0.2, -0.15) is 0 Å². The molecule has 2 aromatic rings. The normalized spacial score (nSPS) is 12.8. The lowest BCUT2D eigenvalue weighted by Crippen LogP contribution is -2.46. The van der Waals surface area contributed by atoms with E-state index in [1.807, 2.05) is 18.2 Å². The number of aliphatic hydroxyl groups is 1. The van der Waals surface area contributed by atoms with E-state index in [1.165, 1.54) is 5.56 Å². The Kier molecular flexibility index (Phi) is 6.02. The second-order valence-electron chi connectivity index (χ2n) is 6.39. The van der Waals surface area contributed by atoms with Gasteiger partial charge in [-0.1, -0.05) is 30.3 Å². The Morgan fingerprint density at radius 2 is 1.70 bits per heavy atom. The van der Waals surface area contributed by atoms with Gasteiger partial charge in [-0.05, 0) is 50.1 Å². The summed E-state index contributed by atoms with van der Waals surface area (Å²) in [5, 5.41) is 22.7. The van der Waals surface area contributed by atoms with Crippen LogP contribution < -0.4 is 10.1 Å². The van der Waals surface area contributed by atoms with Gasteiger partial charge < -0.3 is 20.3 Å². The van der Waals surface area contributed by atoms with Crippen molar-refractivity contribution in [2.24, 2.45) is 0 Å². The van der Waals surface area contributed by atoms with Gasteiger partial charge in [-0.3, -0.25) is 0 Å². The van der Waals surface area contributed by atoms with Crippen molar-refractivity contribution in [2.45, 2.75) is 31.9 Å². The number of phenolic OH excluding ortho intramolecular Hbond substituents is 1. The maximum atomic E-state index is 10.1. The summed E-state index contributed by atoms with van der Waals surface area (Å²) in [6.07, 6.45) is 0.290. The number of β-amino-alcohol motifs (C(OH)–C–C–N with tert-alkyl or cyclic N) is 1. The van der Waals surface area contributed by atoms with E-state index in [9.17, 15) is 10.2 Å². The number of hydrogen-bond acceptors (Lipinski definition) is 4. The SMILES string of the molecule is CC(C)(Cc1ccccc1)NCC(O)COc1ccc(O)cc1. The molecule has 0 amide bonds. The van der Waals surface area contributed by atoms with Crippen LogP contribution in [0.3, 0.4) is 0 Å². The fraction of sp³-hybridized carbons (Fsp3) is 0.368. The van der Waals surface area contributed by atoms with Crippen LogP contribution >= 0.6 is 0 Å². The van der Waals surface area contributed by atoms with Crippen molar-refractivity contribution in [1.82, 2.24) is 5.32 Å². The van der Waals surface area contributed by atoms with Crippen LogP contribution in [-0.4, -0.2) is 35.0 Å². The summed E-state index contributed by atoms with van der Waals surface area (Å²) in [7, 11) is 0. The van der Waals surface area contributed by atoms with E-state index in [1.54, 1.807) is 24.3 Å². The lowest BCUT2D eigenvalue weighted by atomic mass is 9.95. The molecule has 0 aliphatic carbocycles. The van der Waals surface area contributed by atoms with Gasteiger partial charge in [-0.15, -0.1) is 0 Å². The Balaban J connectivity index is 1.74. The molecule has 0 radical (unpaired) electrons. The molecule has 2 rings (SSSR count). The van der Waals surface area contributed by atoms with Crippen LogP contribution in [0.4, 0.5) is 0 Å². The third-order valence-corrected chi connectivity index (χ3v) is 3.58. The lowest BCUT2D eigenvalue weighted by molar-refractivity contribution is 0.0988. The molecule has 0 aliphatic rings. The van der Waals surface area contributed by atoms with Gasteiger partial charge in [0.2, 0.25) is 0 Å². The number of phenols is 1. The Morgan fingerprint density at radius 3 is 2.35 bits per heavy atom. The number of aliphatic hydroxyl groups excluding tert-OH is 1. The highest BCUT2D eigenvalue weighted by Gasteiger charge is 2.19. The van der Waals surface area contributed by atoms with Crippen LogP contribution in [0.25, 0.3) is 0 Å². The van der Waals surface area contributed by atoms with Crippen molar-refractivity contribution in [3.63, 3.8) is 0 Å². The molecule has 4 nitrogen and oxygen atoms in total. The predicted molar refractivity (Wildman–Crippen MR) is 91.8 cm³/mol. The summed E-state index contributed by atoms with van der Waals surface area (Å²) in [5.41, 5.74) is 1.15. The van der Waals surface area contributed by atoms with E-state index in [-0.39, 0.29) is 17.9 Å². The molecule has 4 heteroatoms. The van der Waals surface area contributed by atoms with Crippen molar-refractivity contribution in [2.75, 3.05) is 13.2 Å². The molecule has 0 heterocycles. The molecule has 3 N–H and O–H groups in total. The zero-order valence-corrected chi connectivity index (χ0v) is 13.7. The quantitative estimate of drug-likeness (QED) is 0.701. The van der Waals surface area contributed by atoms with E-state index in [0.717, 1.165) is 6.42 Å². The summed E-state index contributed by atoms with van der Waals surface area (Å²) in [6, 6.07) is 16.8. The first-order chi connectivity index (χ1) is 10.9. The minimum Gasteiger partial charge on any atom is -0.508 e. The maximum absolute atomic E-state index is 10.1. The van der Waals surface area contributed by atoms with Crippen LogP contribution in [0, 0.1) is 0 Å². The van der Waals surface area contributed by atoms with Gasteiger partial charge in [-0.25, -0.2) is 0 Å². The first kappa shape index (κ1) is 17.3. The summed E-state index contributed by atoms with van der Waals surface area (Å²) in [5.74, 6) is 0.827. The molecule has 0 spiro atoms. The molecule has 2 aromatic carbocycles. The van der Waals surface area contributed by atoms with Crippen LogP contribution in [0.15, 0.2) is 54.6 Å². The zero-order valence-electron chi connectivity index (χ0n) is 13.7. The third-order valence-electron chi connectivity index (χ3n) is 3.58. The molecule has 0 fully saturated rings. The van der Waals surface area contributed by atoms with Gasteiger partial charge in [0.15, 0.2) is 0 Å². The summed E-state index contributed by atoms with van der Waals surface area (Å²) >= 11 is 0. The van der Waals surface area contributed by atoms with Gasteiger partial charge in [0.05, 0.1) is 0 Å². The first-order valence-electron chi connectivity index (χ1n) is 7.83. The monoisotopic (exact) mass is 315 g/mol. The van der Waals surface area contributed by atoms with Gasteiger partial charge in [0.25, 0.3) is 0 Å². The molecule has 1 unspecified atom stereocenters. The largest absolute Gasteiger partial charge is 0.508 e. The molecule has 0 aliphatic heterocycles. The van der Waals surface area contributed by atoms with Crippen LogP contribution in [-0.2, 0) is 6.42 Å². The van der Waals surface area contributed by atoms with E-state index in [0.29, 0.717) is 12.3 Å². The molecule has 23 heavy (non-hydrogen) atoms. The summed E-state index contributed by atoms with van der Waals surface area (Å²) in [4.78, 5) is 0. The van der Waals surface area contributed by atoms with Gasteiger partial charge >= 0.3 is 0 Å². The molecular weight excluding hydrogens is 290 g/mol. The highest BCUT2D eigenvalue weighted by Crippen LogP contribution is 2.16. The topological polar surface area (TPSA) is 61.7 Å². The smallest absolute Gasteiger partial charge is 0.119 e. The predicted octanol–water partition coefficient (Wildman–Crippen LogP) is 2.74. The number of hydrogen-bond donors (Lipinski definition) is 3. The molecule has 0 saturated carbocycles. The van der Waals surface area contributed by atoms with Crippen molar-refractivity contribution in [3.05, 3.63) is 60.2 Å². The molecule has 1 atom stereocenters. The highest BCUT2D eigenvalue weighted by molar-refractivity contribution is 5.30. The van der Waals surface area contributed by atoms with E-state index in [4.69, 9.17) is 4.74 Å². The first-order valence-corrected chi connectivity index (χ1v) is 7.83. The number of rotatable bonds is 8. The lowest BCUT2D eigenvalue weighted by Gasteiger charge is -2.28. The Morgan fingerprint density at radius 1 is 1.04 bits per heavy atom. The molecule has 0 bridgehead atoms. The molecule has 0 saturated heterocycles. The second-order valence-corrected chi connectivity index (χ2v) is 6.39. The van der Waals surface area contributed by atoms with Gasteiger partial charge in [0, 0.05) is 12.1 Å². The van der Waals surface area contributed by atoms with Gasteiger partial charge in [0.1, 0.15) is 24.2 Å². The molecular formula is C19H25NO3. The number of aromatic hydroxyl groups is 1. The fourth-order valence-corrected chi connectivity index (χ4v) is 2.36. The average Bonchev–Trinajstić information content (AvgIpc) is 2.53. The maximum Gasteiger partial charge on any atom is 0.119 e. The second kappa shape index (κ2) is 7.99. The summed E-state index contributed by atoms with van der Waals surface area (Å²) in [6.45, 7) is 4.90. The standard InChI is InChI=1S/C19H25NO3/c1-19(2,12-15-6-4-3-5-7-15)20-13-17(22)14-23-18-10-8-16(21)9-11-18/h3-11,17,20-22H,12-14H2,1-2H3. The van der Waals surface area contributed by atoms with Crippen LogP contribution in [0.1, 0.15) is 19.4 Å². The minimum atomic E-state index is -0.598. The Labute approximate surface area is 137 Å². The highest BCUT2D eigenvalue weighted by atomic mass is 16.5. The van der Waals surface area contributed by atoms with Crippen LogP contribution in [0.2, 0.25) is 0 Å². The van der Waals surface area contributed by atoms with E-state index < -0.39 is 6.10 Å². The van der Waals surface area contributed by atoms with Crippen molar-refractivity contribution >= 4 is 0 Å². The van der Waals surface area contributed by atoms with E-state index >= 15 is 0 Å². The fourth-order valence-electron chi connectivity index (χ4n) is 2.36. The Hall–Kier alpha value is -2.04. The minimum absolute atomic E-state index is 0.110. The summed E-state index contributed by atoms with van der Waals surface area (Å²) < 4.78 is 5.51. The zero-order chi connectivity index (χ0) is 16.7. The van der Waals surface area contributed by atoms with E-state index in [2.05, 4.69) is 31.3 Å². The average molecular weight is 315 g/mol. The number of nitrogens with one attached hydrogen (secondary N) is 1.